The SMILES string of the molecule is O=C(c1cc(Cl)ccc1[N+](=O)[O-])N1CCCC(CCl)C1. The predicted octanol–water partition coefficient (Wildman–Crippen LogP) is 3.34. The molecule has 1 aliphatic heterocycles. The second kappa shape index (κ2) is 6.41. The van der Waals surface area contributed by atoms with E-state index in [0.29, 0.717) is 24.0 Å². The minimum Gasteiger partial charge on any atom is -0.338 e. The topological polar surface area (TPSA) is 63.4 Å². The van der Waals surface area contributed by atoms with Gasteiger partial charge in [0.15, 0.2) is 0 Å². The van der Waals surface area contributed by atoms with Gasteiger partial charge in [-0.15, -0.1) is 11.6 Å². The third-order valence-electron chi connectivity index (χ3n) is 3.41. The fourth-order valence-corrected chi connectivity index (χ4v) is 2.81. The summed E-state index contributed by atoms with van der Waals surface area (Å²) in [6.07, 6.45) is 1.84. The number of likely N-dealkylation sites (tertiary alicyclic amines) is 1. The Morgan fingerprint density at radius 2 is 2.25 bits per heavy atom. The maximum atomic E-state index is 12.5. The van der Waals surface area contributed by atoms with Gasteiger partial charge in [-0.05, 0) is 30.9 Å². The number of halogens is 2. The van der Waals surface area contributed by atoms with Crippen LogP contribution in [0.3, 0.4) is 0 Å². The first-order valence-electron chi connectivity index (χ1n) is 6.32. The molecule has 1 aliphatic rings. The van der Waals surface area contributed by atoms with Crippen molar-refractivity contribution >= 4 is 34.8 Å². The molecule has 1 atom stereocenters. The van der Waals surface area contributed by atoms with E-state index in [9.17, 15) is 14.9 Å². The van der Waals surface area contributed by atoms with Gasteiger partial charge in [0.2, 0.25) is 0 Å². The van der Waals surface area contributed by atoms with Crippen LogP contribution in [0.1, 0.15) is 23.2 Å². The summed E-state index contributed by atoms with van der Waals surface area (Å²) in [7, 11) is 0. The first-order valence-corrected chi connectivity index (χ1v) is 7.23. The Morgan fingerprint density at radius 1 is 1.50 bits per heavy atom. The molecule has 1 heterocycles. The Labute approximate surface area is 126 Å². The molecule has 0 bridgehead atoms. The highest BCUT2D eigenvalue weighted by Gasteiger charge is 2.28. The molecule has 1 fully saturated rings. The number of benzene rings is 1. The van der Waals surface area contributed by atoms with E-state index in [1.807, 2.05) is 0 Å². The lowest BCUT2D eigenvalue weighted by molar-refractivity contribution is -0.385. The van der Waals surface area contributed by atoms with E-state index in [1.54, 1.807) is 4.90 Å². The van der Waals surface area contributed by atoms with Crippen molar-refractivity contribution in [3.8, 4) is 0 Å². The molecule has 0 N–H and O–H groups in total. The summed E-state index contributed by atoms with van der Waals surface area (Å²) in [4.78, 5) is 24.5. The van der Waals surface area contributed by atoms with Crippen molar-refractivity contribution in [2.75, 3.05) is 19.0 Å². The number of alkyl halides is 1. The highest BCUT2D eigenvalue weighted by atomic mass is 35.5. The summed E-state index contributed by atoms with van der Waals surface area (Å²) in [5.74, 6) is 0.378. The quantitative estimate of drug-likeness (QED) is 0.488. The Kier molecular flexibility index (Phi) is 4.83. The smallest absolute Gasteiger partial charge is 0.282 e. The second-order valence-corrected chi connectivity index (χ2v) is 5.58. The number of hydrogen-bond donors (Lipinski definition) is 0. The number of piperidine rings is 1. The fourth-order valence-electron chi connectivity index (χ4n) is 2.38. The normalized spacial score (nSPS) is 18.9. The Balaban J connectivity index is 2.28. The van der Waals surface area contributed by atoms with Crippen LogP contribution in [0.25, 0.3) is 0 Å². The average molecular weight is 317 g/mol. The molecule has 1 saturated heterocycles. The number of rotatable bonds is 3. The van der Waals surface area contributed by atoms with Crippen molar-refractivity contribution in [2.24, 2.45) is 5.92 Å². The van der Waals surface area contributed by atoms with Crippen LogP contribution in [0.2, 0.25) is 5.02 Å². The molecule has 0 aliphatic carbocycles. The van der Waals surface area contributed by atoms with Crippen LogP contribution in [0.15, 0.2) is 18.2 Å². The third kappa shape index (κ3) is 3.22. The van der Waals surface area contributed by atoms with Gasteiger partial charge in [0, 0.05) is 30.1 Å². The van der Waals surface area contributed by atoms with Crippen molar-refractivity contribution in [3.63, 3.8) is 0 Å². The molecule has 7 heteroatoms. The molecule has 108 valence electrons. The summed E-state index contributed by atoms with van der Waals surface area (Å²) in [6, 6.07) is 4.03. The molecule has 0 spiro atoms. The first-order chi connectivity index (χ1) is 9.52. The summed E-state index contributed by atoms with van der Waals surface area (Å²) in [6.45, 7) is 1.13. The molecule has 1 aromatic carbocycles. The summed E-state index contributed by atoms with van der Waals surface area (Å²) in [5, 5.41) is 11.3. The Bertz CT molecular complexity index is 536. The lowest BCUT2D eigenvalue weighted by Gasteiger charge is -2.31. The van der Waals surface area contributed by atoms with Gasteiger partial charge in [0.1, 0.15) is 5.56 Å². The van der Waals surface area contributed by atoms with E-state index in [1.165, 1.54) is 18.2 Å². The van der Waals surface area contributed by atoms with Crippen LogP contribution in [-0.2, 0) is 0 Å². The number of amides is 1. The van der Waals surface area contributed by atoms with Gasteiger partial charge in [0.25, 0.3) is 11.6 Å². The Hall–Kier alpha value is -1.33. The van der Waals surface area contributed by atoms with Crippen molar-refractivity contribution in [1.82, 2.24) is 4.90 Å². The van der Waals surface area contributed by atoms with Crippen LogP contribution in [0, 0.1) is 16.0 Å². The van der Waals surface area contributed by atoms with Crippen LogP contribution in [-0.4, -0.2) is 34.7 Å². The van der Waals surface area contributed by atoms with E-state index in [-0.39, 0.29) is 23.1 Å². The number of nitrogens with zero attached hydrogens (tertiary/aromatic N) is 2. The number of nitro benzene ring substituents is 1. The molecule has 0 aromatic heterocycles. The average Bonchev–Trinajstić information content (AvgIpc) is 2.46. The van der Waals surface area contributed by atoms with E-state index in [0.717, 1.165) is 12.8 Å². The largest absolute Gasteiger partial charge is 0.338 e. The van der Waals surface area contributed by atoms with Gasteiger partial charge >= 0.3 is 0 Å². The van der Waals surface area contributed by atoms with Crippen molar-refractivity contribution in [2.45, 2.75) is 12.8 Å². The van der Waals surface area contributed by atoms with E-state index < -0.39 is 4.92 Å². The molecule has 1 aromatic rings. The lowest BCUT2D eigenvalue weighted by Crippen LogP contribution is -2.40. The fraction of sp³-hybridized carbons (Fsp3) is 0.462. The number of carbonyl (C=O) groups is 1. The molecule has 20 heavy (non-hydrogen) atoms. The predicted molar refractivity (Wildman–Crippen MR) is 77.5 cm³/mol. The molecular weight excluding hydrogens is 303 g/mol. The van der Waals surface area contributed by atoms with Gasteiger partial charge in [-0.2, -0.15) is 0 Å². The molecule has 1 unspecified atom stereocenters. The van der Waals surface area contributed by atoms with Crippen LogP contribution in [0.5, 0.6) is 0 Å². The maximum Gasteiger partial charge on any atom is 0.282 e. The lowest BCUT2D eigenvalue weighted by atomic mass is 9.99. The number of nitro groups is 1. The highest BCUT2D eigenvalue weighted by Crippen LogP contribution is 2.26. The zero-order chi connectivity index (χ0) is 14.7. The van der Waals surface area contributed by atoms with Crippen molar-refractivity contribution < 1.29 is 9.72 Å². The maximum absolute atomic E-state index is 12.5. The summed E-state index contributed by atoms with van der Waals surface area (Å²) < 4.78 is 0. The molecule has 2 rings (SSSR count). The molecule has 0 saturated carbocycles. The number of hydrogen-bond acceptors (Lipinski definition) is 3. The van der Waals surface area contributed by atoms with Crippen molar-refractivity contribution in [1.29, 1.82) is 0 Å². The monoisotopic (exact) mass is 316 g/mol. The van der Waals surface area contributed by atoms with E-state index in [2.05, 4.69) is 0 Å². The molecular formula is C13H14Cl2N2O3. The van der Waals surface area contributed by atoms with Gasteiger partial charge in [-0.25, -0.2) is 0 Å². The standard InChI is InChI=1S/C13H14Cl2N2O3/c14-7-9-2-1-5-16(8-9)13(18)11-6-10(15)3-4-12(11)17(19)20/h3-4,6,9H,1-2,5,7-8H2. The van der Waals surface area contributed by atoms with Gasteiger partial charge in [-0.3, -0.25) is 14.9 Å². The van der Waals surface area contributed by atoms with Crippen LogP contribution < -0.4 is 0 Å². The van der Waals surface area contributed by atoms with Crippen molar-refractivity contribution in [3.05, 3.63) is 38.9 Å². The van der Waals surface area contributed by atoms with Crippen LogP contribution in [0.4, 0.5) is 5.69 Å². The third-order valence-corrected chi connectivity index (χ3v) is 4.08. The highest BCUT2D eigenvalue weighted by molar-refractivity contribution is 6.31. The summed E-state index contributed by atoms with van der Waals surface area (Å²) >= 11 is 11.7. The zero-order valence-corrected chi connectivity index (χ0v) is 12.2. The van der Waals surface area contributed by atoms with E-state index >= 15 is 0 Å². The van der Waals surface area contributed by atoms with Gasteiger partial charge in [0.05, 0.1) is 4.92 Å². The van der Waals surface area contributed by atoms with Gasteiger partial charge < -0.3 is 4.90 Å². The van der Waals surface area contributed by atoms with Crippen LogP contribution >= 0.6 is 23.2 Å². The molecule has 5 nitrogen and oxygen atoms in total. The Morgan fingerprint density at radius 3 is 2.90 bits per heavy atom. The second-order valence-electron chi connectivity index (χ2n) is 4.83. The van der Waals surface area contributed by atoms with Gasteiger partial charge in [-0.1, -0.05) is 11.6 Å². The zero-order valence-electron chi connectivity index (χ0n) is 10.7. The minimum atomic E-state index is -0.563. The summed E-state index contributed by atoms with van der Waals surface area (Å²) in [5.41, 5.74) is -0.176. The minimum absolute atomic E-state index is 0.0396. The molecule has 1 amide bonds. The van der Waals surface area contributed by atoms with E-state index in [4.69, 9.17) is 23.2 Å². The first kappa shape index (κ1) is 15.1. The number of carbonyl (C=O) groups excluding carboxylic acids is 1. The molecule has 0 radical (unpaired) electrons.